The molecule has 26 heavy (non-hydrogen) atoms. The van der Waals surface area contributed by atoms with Gasteiger partial charge in [0.2, 0.25) is 0 Å². The molecule has 2 heterocycles. The number of ether oxygens (including phenoxy) is 1. The summed E-state index contributed by atoms with van der Waals surface area (Å²) in [6, 6.07) is 12.7. The smallest absolute Gasteiger partial charge is 0.289 e. The van der Waals surface area contributed by atoms with Crippen molar-refractivity contribution in [1.29, 1.82) is 0 Å². The van der Waals surface area contributed by atoms with E-state index in [0.29, 0.717) is 11.4 Å². The summed E-state index contributed by atoms with van der Waals surface area (Å²) in [4.78, 5) is 12.1. The average Bonchev–Trinajstić information content (AvgIpc) is 3.33. The van der Waals surface area contributed by atoms with Gasteiger partial charge in [-0.3, -0.25) is 9.89 Å². The van der Waals surface area contributed by atoms with Gasteiger partial charge >= 0.3 is 0 Å². The summed E-state index contributed by atoms with van der Waals surface area (Å²) >= 11 is 0. The molecule has 0 atom stereocenters. The lowest BCUT2D eigenvalue weighted by Crippen LogP contribution is -2.17. The zero-order valence-electron chi connectivity index (χ0n) is 14.4. The van der Waals surface area contributed by atoms with Crippen LogP contribution in [0.2, 0.25) is 0 Å². The number of H-pyrrole nitrogens is 1. The van der Waals surface area contributed by atoms with Gasteiger partial charge in [0.05, 0.1) is 25.3 Å². The number of hydrazone groups is 1. The number of carbonyl (C=O) groups is 1. The summed E-state index contributed by atoms with van der Waals surface area (Å²) in [6.45, 7) is 1.86. The van der Waals surface area contributed by atoms with Crippen LogP contribution in [0.25, 0.3) is 17.3 Å². The van der Waals surface area contributed by atoms with Gasteiger partial charge in [-0.15, -0.1) is 0 Å². The number of nitrogens with one attached hydrogen (secondary N) is 2. The molecule has 2 N–H and O–H groups in total. The van der Waals surface area contributed by atoms with E-state index in [4.69, 9.17) is 9.15 Å². The number of aromatic nitrogens is 2. The molecule has 0 bridgehead atoms. The Bertz CT molecular complexity index is 922. The van der Waals surface area contributed by atoms with Crippen molar-refractivity contribution >= 4 is 18.2 Å². The third kappa shape index (κ3) is 4.27. The normalized spacial score (nSPS) is 11.7. The lowest BCUT2D eigenvalue weighted by atomic mass is 10.1. The maximum absolute atomic E-state index is 12.1. The van der Waals surface area contributed by atoms with Gasteiger partial charge in [0.15, 0.2) is 0 Å². The lowest BCUT2D eigenvalue weighted by Gasteiger charge is -2.00. The highest BCUT2D eigenvalue weighted by Gasteiger charge is 2.10. The van der Waals surface area contributed by atoms with E-state index >= 15 is 0 Å². The molecule has 1 aromatic carbocycles. The maximum atomic E-state index is 12.1. The summed E-state index contributed by atoms with van der Waals surface area (Å²) < 4.78 is 10.3. The Morgan fingerprint density at radius 2 is 2.12 bits per heavy atom. The van der Waals surface area contributed by atoms with Crippen LogP contribution in [0.4, 0.5) is 0 Å². The minimum Gasteiger partial charge on any atom is -0.497 e. The van der Waals surface area contributed by atoms with Crippen molar-refractivity contribution in [3.8, 4) is 17.0 Å². The molecule has 0 aliphatic rings. The first-order chi connectivity index (χ1) is 12.7. The van der Waals surface area contributed by atoms with Crippen molar-refractivity contribution in [2.75, 3.05) is 7.11 Å². The summed E-state index contributed by atoms with van der Waals surface area (Å²) in [5, 5.41) is 10.8. The largest absolute Gasteiger partial charge is 0.497 e. The number of methoxy groups -OCH3 is 1. The molecule has 7 heteroatoms. The first kappa shape index (κ1) is 17.2. The number of rotatable bonds is 6. The van der Waals surface area contributed by atoms with Gasteiger partial charge in [-0.1, -0.05) is 0 Å². The molecule has 0 saturated carbocycles. The van der Waals surface area contributed by atoms with Gasteiger partial charge in [-0.05, 0) is 61.0 Å². The molecule has 0 saturated heterocycles. The predicted octanol–water partition coefficient (Wildman–Crippen LogP) is 3.50. The van der Waals surface area contributed by atoms with E-state index < -0.39 is 0 Å². The number of hydrogen-bond donors (Lipinski definition) is 2. The number of hydrogen-bond acceptors (Lipinski definition) is 5. The SMILES string of the molecule is COc1ccc(-c2cc(C(=O)N/N=C\C(C)=C/c3ccco3)[nH]n2)cc1. The van der Waals surface area contributed by atoms with E-state index in [-0.39, 0.29) is 5.91 Å². The van der Waals surface area contributed by atoms with Crippen molar-refractivity contribution in [1.82, 2.24) is 15.6 Å². The van der Waals surface area contributed by atoms with Crippen LogP contribution in [-0.4, -0.2) is 29.4 Å². The summed E-state index contributed by atoms with van der Waals surface area (Å²) in [5.41, 5.74) is 5.16. The van der Waals surface area contributed by atoms with Crippen molar-refractivity contribution in [2.24, 2.45) is 5.10 Å². The number of benzene rings is 1. The molecule has 0 unspecified atom stereocenters. The number of furan rings is 1. The zero-order chi connectivity index (χ0) is 18.4. The molecule has 132 valence electrons. The highest BCUT2D eigenvalue weighted by molar-refractivity contribution is 5.94. The van der Waals surface area contributed by atoms with Gasteiger partial charge in [0, 0.05) is 5.56 Å². The quantitative estimate of drug-likeness (QED) is 0.526. The Hall–Kier alpha value is -3.61. The van der Waals surface area contributed by atoms with Gasteiger partial charge in [0.25, 0.3) is 5.91 Å². The van der Waals surface area contributed by atoms with Crippen molar-refractivity contribution < 1.29 is 13.9 Å². The number of allylic oxidation sites excluding steroid dienone is 1. The van der Waals surface area contributed by atoms with Gasteiger partial charge < -0.3 is 9.15 Å². The van der Waals surface area contributed by atoms with Crippen LogP contribution in [0.3, 0.4) is 0 Å². The third-order valence-corrected chi connectivity index (χ3v) is 3.56. The molecular formula is C19H18N4O3. The fourth-order valence-electron chi connectivity index (χ4n) is 2.24. The lowest BCUT2D eigenvalue weighted by molar-refractivity contribution is 0.0950. The van der Waals surface area contributed by atoms with Crippen LogP contribution in [-0.2, 0) is 0 Å². The molecule has 3 rings (SSSR count). The van der Waals surface area contributed by atoms with Gasteiger partial charge in [0.1, 0.15) is 17.2 Å². The first-order valence-electron chi connectivity index (χ1n) is 7.91. The number of carbonyl (C=O) groups excluding carboxylic acids is 1. The molecule has 0 spiro atoms. The van der Waals surface area contributed by atoms with Gasteiger partial charge in [-0.25, -0.2) is 5.43 Å². The van der Waals surface area contributed by atoms with Crippen LogP contribution in [0.5, 0.6) is 5.75 Å². The third-order valence-electron chi connectivity index (χ3n) is 3.56. The Balaban J connectivity index is 1.61. The van der Waals surface area contributed by atoms with E-state index in [1.807, 2.05) is 43.3 Å². The second-order valence-corrected chi connectivity index (χ2v) is 5.50. The fraction of sp³-hybridized carbons (Fsp3) is 0.105. The van der Waals surface area contributed by atoms with Crippen LogP contribution in [0.1, 0.15) is 23.2 Å². The number of nitrogens with zero attached hydrogens (tertiary/aromatic N) is 2. The minimum atomic E-state index is -0.376. The molecule has 2 aromatic heterocycles. The highest BCUT2D eigenvalue weighted by Crippen LogP contribution is 2.21. The number of amides is 1. The fourth-order valence-corrected chi connectivity index (χ4v) is 2.24. The summed E-state index contributed by atoms with van der Waals surface area (Å²) in [6.07, 6.45) is 4.95. The van der Waals surface area contributed by atoms with Crippen LogP contribution in [0, 0.1) is 0 Å². The zero-order valence-corrected chi connectivity index (χ0v) is 14.4. The van der Waals surface area contributed by atoms with E-state index in [1.54, 1.807) is 31.7 Å². The second kappa shape index (κ2) is 7.98. The molecule has 3 aromatic rings. The summed E-state index contributed by atoms with van der Waals surface area (Å²) in [5.74, 6) is 1.10. The molecule has 0 fully saturated rings. The van der Waals surface area contributed by atoms with Crippen molar-refractivity contribution in [3.05, 3.63) is 65.8 Å². The maximum Gasteiger partial charge on any atom is 0.289 e. The topological polar surface area (TPSA) is 92.5 Å². The minimum absolute atomic E-state index is 0.320. The van der Waals surface area contributed by atoms with Crippen LogP contribution in [0.15, 0.2) is 63.8 Å². The van der Waals surface area contributed by atoms with Crippen LogP contribution >= 0.6 is 0 Å². The molecule has 7 nitrogen and oxygen atoms in total. The molecule has 0 radical (unpaired) electrons. The predicted molar refractivity (Wildman–Crippen MR) is 98.9 cm³/mol. The van der Waals surface area contributed by atoms with Crippen LogP contribution < -0.4 is 10.2 Å². The van der Waals surface area contributed by atoms with Gasteiger partial charge in [-0.2, -0.15) is 10.2 Å². The second-order valence-electron chi connectivity index (χ2n) is 5.50. The van der Waals surface area contributed by atoms with Crippen molar-refractivity contribution in [3.63, 3.8) is 0 Å². The molecular weight excluding hydrogens is 332 g/mol. The van der Waals surface area contributed by atoms with E-state index in [1.165, 1.54) is 0 Å². The molecule has 1 amide bonds. The Labute approximate surface area is 150 Å². The molecule has 0 aliphatic carbocycles. The van der Waals surface area contributed by atoms with E-state index in [0.717, 1.165) is 22.6 Å². The average molecular weight is 350 g/mol. The standard InChI is InChI=1S/C19H18N4O3/c1-13(10-16-4-3-9-26-16)12-20-23-19(24)18-11-17(21-22-18)14-5-7-15(25-2)8-6-14/h3-12H,1-2H3,(H,21,22)(H,23,24)/b13-10-,20-12-. The van der Waals surface area contributed by atoms with E-state index in [2.05, 4.69) is 20.7 Å². The Kier molecular flexibility index (Phi) is 5.28. The monoisotopic (exact) mass is 350 g/mol. The highest BCUT2D eigenvalue weighted by atomic mass is 16.5. The van der Waals surface area contributed by atoms with E-state index in [9.17, 15) is 4.79 Å². The summed E-state index contributed by atoms with van der Waals surface area (Å²) in [7, 11) is 1.61. The number of aromatic amines is 1. The Morgan fingerprint density at radius 1 is 1.31 bits per heavy atom. The van der Waals surface area contributed by atoms with Crippen molar-refractivity contribution in [2.45, 2.75) is 6.92 Å². The molecule has 0 aliphatic heterocycles. The Morgan fingerprint density at radius 3 is 2.81 bits per heavy atom. The first-order valence-corrected chi connectivity index (χ1v) is 7.91.